The standard InChI is InChI=1S/C21H20N2O5/c1-12-7-8-15-16(9-12)21(26)23(20(15)25)13(2)19(24)22-10-14-11-27-17-5-3-4-6-18(17)28-14/h3-9,13-14H,10-11H2,1-2H3,(H,22,24)/t13-,14-/m0/s1. The summed E-state index contributed by atoms with van der Waals surface area (Å²) in [5.41, 5.74) is 1.55. The van der Waals surface area contributed by atoms with Crippen molar-refractivity contribution in [2.75, 3.05) is 13.2 Å². The van der Waals surface area contributed by atoms with Crippen molar-refractivity contribution in [1.82, 2.24) is 10.2 Å². The second-order valence-corrected chi connectivity index (χ2v) is 6.95. The lowest BCUT2D eigenvalue weighted by Gasteiger charge is -2.27. The summed E-state index contributed by atoms with van der Waals surface area (Å²) in [5.74, 6) is -0.0310. The molecule has 7 heteroatoms. The molecule has 2 heterocycles. The third-order valence-electron chi connectivity index (χ3n) is 4.91. The van der Waals surface area contributed by atoms with Crippen LogP contribution in [0.4, 0.5) is 0 Å². The van der Waals surface area contributed by atoms with Gasteiger partial charge in [-0.2, -0.15) is 0 Å². The van der Waals surface area contributed by atoms with Crippen LogP contribution >= 0.6 is 0 Å². The molecule has 28 heavy (non-hydrogen) atoms. The third kappa shape index (κ3) is 3.09. The molecular weight excluding hydrogens is 360 g/mol. The minimum atomic E-state index is -0.926. The smallest absolute Gasteiger partial charge is 0.262 e. The molecule has 0 radical (unpaired) electrons. The molecule has 2 aromatic rings. The molecule has 0 saturated carbocycles. The van der Waals surface area contributed by atoms with Crippen LogP contribution in [0, 0.1) is 6.92 Å². The summed E-state index contributed by atoms with van der Waals surface area (Å²) < 4.78 is 11.4. The number of hydrogen-bond acceptors (Lipinski definition) is 5. The average Bonchev–Trinajstić information content (AvgIpc) is 2.95. The molecule has 0 fully saturated rings. The summed E-state index contributed by atoms with van der Waals surface area (Å²) in [6.07, 6.45) is -0.351. The van der Waals surface area contributed by atoms with Gasteiger partial charge in [0, 0.05) is 0 Å². The Balaban J connectivity index is 1.39. The fraction of sp³-hybridized carbons (Fsp3) is 0.286. The first kappa shape index (κ1) is 18.0. The highest BCUT2D eigenvalue weighted by Gasteiger charge is 2.41. The van der Waals surface area contributed by atoms with Gasteiger partial charge in [-0.1, -0.05) is 23.8 Å². The van der Waals surface area contributed by atoms with Crippen LogP contribution in [0.15, 0.2) is 42.5 Å². The summed E-state index contributed by atoms with van der Waals surface area (Å²) in [6.45, 7) is 3.90. The van der Waals surface area contributed by atoms with Gasteiger partial charge < -0.3 is 14.8 Å². The number of aryl methyl sites for hydroxylation is 1. The van der Waals surface area contributed by atoms with Gasteiger partial charge in [0.1, 0.15) is 18.8 Å². The lowest BCUT2D eigenvalue weighted by atomic mass is 10.1. The van der Waals surface area contributed by atoms with Crippen LogP contribution in [-0.2, 0) is 4.79 Å². The monoisotopic (exact) mass is 380 g/mol. The first-order valence-electron chi connectivity index (χ1n) is 9.10. The highest BCUT2D eigenvalue weighted by Crippen LogP contribution is 2.30. The molecule has 3 amide bonds. The van der Waals surface area contributed by atoms with Crippen LogP contribution < -0.4 is 14.8 Å². The number of carbonyl (C=O) groups is 3. The average molecular weight is 380 g/mol. The van der Waals surface area contributed by atoms with E-state index in [-0.39, 0.29) is 12.6 Å². The molecule has 0 spiro atoms. The fourth-order valence-electron chi connectivity index (χ4n) is 3.37. The van der Waals surface area contributed by atoms with Crippen LogP contribution in [0.3, 0.4) is 0 Å². The highest BCUT2D eigenvalue weighted by atomic mass is 16.6. The van der Waals surface area contributed by atoms with Crippen molar-refractivity contribution in [3.05, 3.63) is 59.2 Å². The lowest BCUT2D eigenvalue weighted by molar-refractivity contribution is -0.125. The predicted octanol–water partition coefficient (Wildman–Crippen LogP) is 1.94. The van der Waals surface area contributed by atoms with Crippen molar-refractivity contribution in [2.24, 2.45) is 0 Å². The lowest BCUT2D eigenvalue weighted by Crippen LogP contribution is -2.50. The maximum Gasteiger partial charge on any atom is 0.262 e. The van der Waals surface area contributed by atoms with Gasteiger partial charge in [-0.3, -0.25) is 19.3 Å². The Bertz CT molecular complexity index is 971. The van der Waals surface area contributed by atoms with E-state index in [1.165, 1.54) is 6.92 Å². The van der Waals surface area contributed by atoms with Gasteiger partial charge in [-0.05, 0) is 38.1 Å². The Morgan fingerprint density at radius 1 is 1.14 bits per heavy atom. The van der Waals surface area contributed by atoms with Gasteiger partial charge >= 0.3 is 0 Å². The van der Waals surface area contributed by atoms with Crippen LogP contribution in [0.5, 0.6) is 11.5 Å². The molecule has 2 aliphatic rings. The number of benzene rings is 2. The minimum absolute atomic E-state index is 0.208. The first-order chi connectivity index (χ1) is 13.5. The maximum absolute atomic E-state index is 12.6. The number of nitrogens with zero attached hydrogens (tertiary/aromatic N) is 1. The van der Waals surface area contributed by atoms with E-state index in [1.54, 1.807) is 24.3 Å². The highest BCUT2D eigenvalue weighted by molar-refractivity contribution is 6.22. The molecule has 0 aliphatic carbocycles. The molecule has 2 atom stereocenters. The number of rotatable bonds is 4. The van der Waals surface area contributed by atoms with Crippen molar-refractivity contribution >= 4 is 17.7 Å². The Morgan fingerprint density at radius 3 is 2.64 bits per heavy atom. The normalized spacial score (nSPS) is 18.6. The topological polar surface area (TPSA) is 84.9 Å². The fourth-order valence-corrected chi connectivity index (χ4v) is 3.37. The zero-order chi connectivity index (χ0) is 19.8. The number of ether oxygens (including phenoxy) is 2. The SMILES string of the molecule is Cc1ccc2c(c1)C(=O)N([C@@H](C)C(=O)NC[C@H]1COc3ccccc3O1)C2=O. The van der Waals surface area contributed by atoms with Crippen molar-refractivity contribution in [2.45, 2.75) is 26.0 Å². The minimum Gasteiger partial charge on any atom is -0.486 e. The molecule has 0 aromatic heterocycles. The van der Waals surface area contributed by atoms with E-state index in [4.69, 9.17) is 9.47 Å². The molecule has 1 N–H and O–H groups in total. The number of fused-ring (bicyclic) bond motifs is 2. The Kier molecular flexibility index (Phi) is 4.50. The van der Waals surface area contributed by atoms with Gasteiger partial charge in [0.15, 0.2) is 11.5 Å². The largest absolute Gasteiger partial charge is 0.486 e. The van der Waals surface area contributed by atoms with Gasteiger partial charge in [0.2, 0.25) is 5.91 Å². The molecular formula is C21H20N2O5. The summed E-state index contributed by atoms with van der Waals surface area (Å²) in [4.78, 5) is 38.8. The van der Waals surface area contributed by atoms with Gasteiger partial charge in [0.05, 0.1) is 17.7 Å². The molecule has 0 unspecified atom stereocenters. The predicted molar refractivity (Wildman–Crippen MR) is 101 cm³/mol. The van der Waals surface area contributed by atoms with Gasteiger partial charge in [0.25, 0.3) is 11.8 Å². The Hall–Kier alpha value is -3.35. The summed E-state index contributed by atoms with van der Waals surface area (Å²) in [7, 11) is 0. The molecule has 144 valence electrons. The zero-order valence-corrected chi connectivity index (χ0v) is 15.6. The van der Waals surface area contributed by atoms with Crippen LogP contribution in [0.1, 0.15) is 33.2 Å². The van der Waals surface area contributed by atoms with Crippen LogP contribution in [0.25, 0.3) is 0 Å². The quantitative estimate of drug-likeness (QED) is 0.820. The second-order valence-electron chi connectivity index (χ2n) is 6.95. The van der Waals surface area contributed by atoms with E-state index < -0.39 is 23.8 Å². The van der Waals surface area contributed by atoms with E-state index in [0.29, 0.717) is 29.2 Å². The summed E-state index contributed by atoms with van der Waals surface area (Å²) in [6, 6.07) is 11.5. The summed E-state index contributed by atoms with van der Waals surface area (Å²) in [5, 5.41) is 2.75. The number of carbonyl (C=O) groups excluding carboxylic acids is 3. The van der Waals surface area contributed by atoms with Gasteiger partial charge in [-0.15, -0.1) is 0 Å². The second kappa shape index (κ2) is 6.99. The maximum atomic E-state index is 12.6. The Labute approximate surface area is 162 Å². The molecule has 4 rings (SSSR count). The molecule has 2 aliphatic heterocycles. The zero-order valence-electron chi connectivity index (χ0n) is 15.6. The van der Waals surface area contributed by atoms with Crippen molar-refractivity contribution in [3.63, 3.8) is 0 Å². The molecule has 2 aromatic carbocycles. The number of amides is 3. The molecule has 7 nitrogen and oxygen atoms in total. The van der Waals surface area contributed by atoms with E-state index in [0.717, 1.165) is 10.5 Å². The number of para-hydroxylation sites is 2. The number of hydrogen-bond donors (Lipinski definition) is 1. The molecule has 0 saturated heterocycles. The van der Waals surface area contributed by atoms with Crippen molar-refractivity contribution in [3.8, 4) is 11.5 Å². The third-order valence-corrected chi connectivity index (χ3v) is 4.91. The van der Waals surface area contributed by atoms with Gasteiger partial charge in [-0.25, -0.2) is 0 Å². The van der Waals surface area contributed by atoms with Crippen LogP contribution in [0.2, 0.25) is 0 Å². The van der Waals surface area contributed by atoms with E-state index in [1.807, 2.05) is 25.1 Å². The van der Waals surface area contributed by atoms with E-state index >= 15 is 0 Å². The molecule has 0 bridgehead atoms. The Morgan fingerprint density at radius 2 is 1.86 bits per heavy atom. The van der Waals surface area contributed by atoms with Crippen molar-refractivity contribution < 1.29 is 23.9 Å². The first-order valence-corrected chi connectivity index (χ1v) is 9.10. The number of nitrogens with one attached hydrogen (secondary N) is 1. The van der Waals surface area contributed by atoms with Crippen molar-refractivity contribution in [1.29, 1.82) is 0 Å². The summed E-state index contributed by atoms with van der Waals surface area (Å²) >= 11 is 0. The van der Waals surface area contributed by atoms with E-state index in [9.17, 15) is 14.4 Å². The van der Waals surface area contributed by atoms with E-state index in [2.05, 4.69) is 5.32 Å². The van der Waals surface area contributed by atoms with Crippen LogP contribution in [-0.4, -0.2) is 47.9 Å². The number of imide groups is 1.